The normalized spacial score (nSPS) is 27.0. The van der Waals surface area contributed by atoms with E-state index in [0.29, 0.717) is 5.50 Å². The van der Waals surface area contributed by atoms with Crippen molar-refractivity contribution in [1.29, 1.82) is 0 Å². The van der Waals surface area contributed by atoms with Crippen LogP contribution in [0.25, 0.3) is 0 Å². The van der Waals surface area contributed by atoms with Gasteiger partial charge in [-0.15, -0.1) is 0 Å². The molecule has 18 heavy (non-hydrogen) atoms. The quantitative estimate of drug-likeness (QED) is 0.766. The SMILES string of the molecule is CN=C/C=C(\N)C1=C(C)SC(N2CCCCC2)N1. The molecule has 0 saturated carbocycles. The molecule has 3 N–H and O–H groups in total. The molecule has 0 aromatic carbocycles. The second-order valence-electron chi connectivity index (χ2n) is 4.67. The first-order valence-corrected chi connectivity index (χ1v) is 7.36. The Bertz CT molecular complexity index is 380. The van der Waals surface area contributed by atoms with Crippen molar-refractivity contribution in [3.05, 3.63) is 22.4 Å². The van der Waals surface area contributed by atoms with E-state index < -0.39 is 0 Å². The Morgan fingerprint density at radius 2 is 2.17 bits per heavy atom. The largest absolute Gasteiger partial charge is 0.397 e. The fraction of sp³-hybridized carbons (Fsp3) is 0.615. The zero-order chi connectivity index (χ0) is 13.0. The number of hydrogen-bond acceptors (Lipinski definition) is 5. The average molecular weight is 266 g/mol. The summed E-state index contributed by atoms with van der Waals surface area (Å²) in [5.74, 6) is 0. The van der Waals surface area contributed by atoms with Crippen LogP contribution in [0.1, 0.15) is 26.2 Å². The van der Waals surface area contributed by atoms with Crippen LogP contribution in [0.4, 0.5) is 0 Å². The summed E-state index contributed by atoms with van der Waals surface area (Å²) in [5, 5.41) is 3.53. The maximum Gasteiger partial charge on any atom is 0.132 e. The molecule has 1 atom stereocenters. The van der Waals surface area contributed by atoms with Crippen LogP contribution in [0.5, 0.6) is 0 Å². The predicted molar refractivity (Wildman–Crippen MR) is 79.3 cm³/mol. The Morgan fingerprint density at radius 3 is 2.83 bits per heavy atom. The van der Waals surface area contributed by atoms with Crippen LogP contribution in [0.3, 0.4) is 0 Å². The van der Waals surface area contributed by atoms with E-state index in [-0.39, 0.29) is 0 Å². The molecule has 2 aliphatic heterocycles. The smallest absolute Gasteiger partial charge is 0.132 e. The number of thioether (sulfide) groups is 1. The van der Waals surface area contributed by atoms with Crippen LogP contribution in [0, 0.1) is 0 Å². The average Bonchev–Trinajstić information content (AvgIpc) is 2.79. The molecular formula is C13H22N4S. The van der Waals surface area contributed by atoms with Gasteiger partial charge in [0.2, 0.25) is 0 Å². The highest BCUT2D eigenvalue weighted by Crippen LogP contribution is 2.34. The van der Waals surface area contributed by atoms with E-state index in [2.05, 4.69) is 22.1 Å². The minimum atomic E-state index is 0.353. The van der Waals surface area contributed by atoms with Crippen molar-refractivity contribution in [1.82, 2.24) is 10.2 Å². The summed E-state index contributed by atoms with van der Waals surface area (Å²) in [4.78, 5) is 7.71. The molecular weight excluding hydrogens is 244 g/mol. The number of rotatable bonds is 3. The van der Waals surface area contributed by atoms with Crippen molar-refractivity contribution in [2.75, 3.05) is 20.1 Å². The summed E-state index contributed by atoms with van der Waals surface area (Å²) >= 11 is 1.87. The molecule has 1 fully saturated rings. The van der Waals surface area contributed by atoms with Crippen LogP contribution in [-0.2, 0) is 0 Å². The lowest BCUT2D eigenvalue weighted by Gasteiger charge is -2.32. The number of nitrogens with zero attached hydrogens (tertiary/aromatic N) is 2. The molecule has 5 heteroatoms. The summed E-state index contributed by atoms with van der Waals surface area (Å²) in [5.41, 5.74) is 8.25. The highest BCUT2D eigenvalue weighted by atomic mass is 32.2. The Morgan fingerprint density at radius 1 is 1.44 bits per heavy atom. The highest BCUT2D eigenvalue weighted by Gasteiger charge is 2.28. The molecule has 1 unspecified atom stereocenters. The number of aliphatic imine (C=N–C) groups is 1. The van der Waals surface area contributed by atoms with Crippen LogP contribution >= 0.6 is 11.8 Å². The van der Waals surface area contributed by atoms with Crippen molar-refractivity contribution in [2.45, 2.75) is 31.7 Å². The zero-order valence-corrected chi connectivity index (χ0v) is 12.0. The van der Waals surface area contributed by atoms with Gasteiger partial charge in [0.05, 0.1) is 11.4 Å². The van der Waals surface area contributed by atoms with E-state index in [0.717, 1.165) is 11.4 Å². The molecule has 0 radical (unpaired) electrons. The molecule has 0 aromatic heterocycles. The first-order chi connectivity index (χ1) is 8.72. The van der Waals surface area contributed by atoms with Gasteiger partial charge >= 0.3 is 0 Å². The van der Waals surface area contributed by atoms with Crippen molar-refractivity contribution in [3.63, 3.8) is 0 Å². The molecule has 0 spiro atoms. The first-order valence-electron chi connectivity index (χ1n) is 6.49. The van der Waals surface area contributed by atoms with Gasteiger partial charge in [0, 0.05) is 31.3 Å². The monoisotopic (exact) mass is 266 g/mol. The summed E-state index contributed by atoms with van der Waals surface area (Å²) in [6, 6.07) is 0. The van der Waals surface area contributed by atoms with Gasteiger partial charge in [-0.25, -0.2) is 0 Å². The second kappa shape index (κ2) is 6.29. The van der Waals surface area contributed by atoms with Crippen molar-refractivity contribution in [3.8, 4) is 0 Å². The van der Waals surface area contributed by atoms with Gasteiger partial charge in [-0.3, -0.25) is 9.89 Å². The summed E-state index contributed by atoms with van der Waals surface area (Å²) in [6.45, 7) is 4.50. The van der Waals surface area contributed by atoms with Crippen LogP contribution in [-0.4, -0.2) is 36.7 Å². The standard InChI is InChI=1S/C13H22N4S/c1-10-12(11(14)6-7-15-2)16-13(18-10)17-8-4-3-5-9-17/h6-7,13,16H,3-5,8-9,14H2,1-2H3/b11-6-,15-7?. The molecule has 0 amide bonds. The van der Waals surface area contributed by atoms with Crippen molar-refractivity contribution < 1.29 is 0 Å². The van der Waals surface area contributed by atoms with Crippen LogP contribution in [0.2, 0.25) is 0 Å². The first kappa shape index (κ1) is 13.5. The maximum absolute atomic E-state index is 6.06. The Kier molecular flexibility index (Phi) is 4.72. The van der Waals surface area contributed by atoms with Gasteiger partial charge < -0.3 is 11.1 Å². The lowest BCUT2D eigenvalue weighted by Crippen LogP contribution is -2.43. The molecule has 0 aromatic rings. The van der Waals surface area contributed by atoms with Crippen molar-refractivity contribution in [2.24, 2.45) is 10.7 Å². The zero-order valence-electron chi connectivity index (χ0n) is 11.1. The molecule has 0 aliphatic carbocycles. The lowest BCUT2D eigenvalue weighted by atomic mass is 10.1. The third-order valence-electron chi connectivity index (χ3n) is 3.32. The Labute approximate surface area is 113 Å². The predicted octanol–water partition coefficient (Wildman–Crippen LogP) is 1.87. The molecule has 4 nitrogen and oxygen atoms in total. The third-order valence-corrected chi connectivity index (χ3v) is 4.52. The second-order valence-corrected chi connectivity index (χ2v) is 5.97. The van der Waals surface area contributed by atoms with E-state index in [4.69, 9.17) is 5.73 Å². The molecule has 0 bridgehead atoms. The molecule has 100 valence electrons. The highest BCUT2D eigenvalue weighted by molar-refractivity contribution is 8.03. The summed E-state index contributed by atoms with van der Waals surface area (Å²) in [6.07, 6.45) is 7.56. The Balaban J connectivity index is 1.99. The van der Waals surface area contributed by atoms with Gasteiger partial charge in [0.25, 0.3) is 0 Å². The number of likely N-dealkylation sites (tertiary alicyclic amines) is 1. The van der Waals surface area contributed by atoms with E-state index in [9.17, 15) is 0 Å². The van der Waals surface area contributed by atoms with E-state index in [1.165, 1.54) is 37.3 Å². The van der Waals surface area contributed by atoms with E-state index >= 15 is 0 Å². The number of nitrogens with two attached hydrogens (primary N) is 1. The number of piperidine rings is 1. The third kappa shape index (κ3) is 3.09. The van der Waals surface area contributed by atoms with E-state index in [1.54, 1.807) is 13.3 Å². The molecule has 2 aliphatic rings. The Hall–Kier alpha value is -0.940. The fourth-order valence-electron chi connectivity index (χ4n) is 2.32. The number of allylic oxidation sites excluding steroid dienone is 2. The molecule has 2 rings (SSSR count). The minimum Gasteiger partial charge on any atom is -0.397 e. The lowest BCUT2D eigenvalue weighted by molar-refractivity contribution is 0.201. The topological polar surface area (TPSA) is 53.6 Å². The fourth-order valence-corrected chi connectivity index (χ4v) is 3.49. The van der Waals surface area contributed by atoms with Crippen LogP contribution in [0.15, 0.2) is 27.4 Å². The van der Waals surface area contributed by atoms with E-state index in [1.807, 2.05) is 17.8 Å². The van der Waals surface area contributed by atoms with Gasteiger partial charge in [0.1, 0.15) is 5.50 Å². The minimum absolute atomic E-state index is 0.353. The van der Waals surface area contributed by atoms with Gasteiger partial charge in [-0.1, -0.05) is 18.2 Å². The van der Waals surface area contributed by atoms with Gasteiger partial charge in [-0.05, 0) is 25.8 Å². The molecule has 1 saturated heterocycles. The van der Waals surface area contributed by atoms with Gasteiger partial charge in [0.15, 0.2) is 0 Å². The molecule has 2 heterocycles. The van der Waals surface area contributed by atoms with Crippen molar-refractivity contribution >= 4 is 18.0 Å². The summed E-state index contributed by atoms with van der Waals surface area (Å²) < 4.78 is 0. The number of hydrogen-bond donors (Lipinski definition) is 2. The van der Waals surface area contributed by atoms with Crippen LogP contribution < -0.4 is 11.1 Å². The summed E-state index contributed by atoms with van der Waals surface area (Å²) in [7, 11) is 1.75. The maximum atomic E-state index is 6.06. The number of nitrogens with one attached hydrogen (secondary N) is 1. The van der Waals surface area contributed by atoms with Gasteiger partial charge in [-0.2, -0.15) is 0 Å².